The first-order chi connectivity index (χ1) is 8.26. The van der Waals surface area contributed by atoms with Crippen molar-refractivity contribution in [1.29, 1.82) is 5.26 Å². The van der Waals surface area contributed by atoms with E-state index in [1.807, 2.05) is 18.2 Å². The first-order valence-electron chi connectivity index (χ1n) is 5.85. The van der Waals surface area contributed by atoms with Gasteiger partial charge in [0.15, 0.2) is 0 Å². The molecule has 0 fully saturated rings. The summed E-state index contributed by atoms with van der Waals surface area (Å²) in [4.78, 5) is 4.57. The molecular weight excluding hydrogens is 212 g/mol. The number of rotatable bonds is 4. The second kappa shape index (κ2) is 4.98. The Kier molecular flexibility index (Phi) is 3.40. The molecule has 88 valence electrons. The van der Waals surface area contributed by atoms with E-state index < -0.39 is 6.04 Å². The average molecular weight is 228 g/mol. The standard InChI is InChI=1S/C13H16N4/c1-2-13-16-11-5-3-4-6-12(11)17(13)8-7-10(15)9-14/h3-6,10H,2,7-8,15H2,1H3. The number of nitrogens with zero attached hydrogens (tertiary/aromatic N) is 3. The van der Waals surface area contributed by atoms with Crippen LogP contribution < -0.4 is 5.73 Å². The van der Waals surface area contributed by atoms with Crippen LogP contribution >= 0.6 is 0 Å². The van der Waals surface area contributed by atoms with Crippen LogP contribution in [0, 0.1) is 11.3 Å². The highest BCUT2D eigenvalue weighted by Crippen LogP contribution is 2.17. The van der Waals surface area contributed by atoms with Gasteiger partial charge in [-0.2, -0.15) is 5.26 Å². The molecule has 0 saturated carbocycles. The molecule has 0 amide bonds. The van der Waals surface area contributed by atoms with Crippen molar-refractivity contribution in [1.82, 2.24) is 9.55 Å². The molecule has 1 heterocycles. The van der Waals surface area contributed by atoms with Gasteiger partial charge in [-0.1, -0.05) is 19.1 Å². The summed E-state index contributed by atoms with van der Waals surface area (Å²) in [7, 11) is 0. The fourth-order valence-corrected chi connectivity index (χ4v) is 1.98. The molecule has 1 atom stereocenters. The van der Waals surface area contributed by atoms with Gasteiger partial charge in [-0.3, -0.25) is 0 Å². The van der Waals surface area contributed by atoms with E-state index in [1.54, 1.807) is 0 Å². The molecule has 4 heteroatoms. The van der Waals surface area contributed by atoms with E-state index in [0.29, 0.717) is 6.42 Å². The first kappa shape index (κ1) is 11.6. The predicted octanol–water partition coefficient (Wildman–Crippen LogP) is 1.84. The Labute approximate surface area is 101 Å². The van der Waals surface area contributed by atoms with Crippen molar-refractivity contribution in [2.75, 3.05) is 0 Å². The summed E-state index contributed by atoms with van der Waals surface area (Å²) >= 11 is 0. The van der Waals surface area contributed by atoms with E-state index >= 15 is 0 Å². The van der Waals surface area contributed by atoms with Crippen LogP contribution in [0.3, 0.4) is 0 Å². The Morgan fingerprint density at radius 3 is 2.94 bits per heavy atom. The van der Waals surface area contributed by atoms with Crippen LogP contribution in [0.5, 0.6) is 0 Å². The summed E-state index contributed by atoms with van der Waals surface area (Å²) in [6.45, 7) is 2.83. The zero-order valence-electron chi connectivity index (χ0n) is 9.93. The zero-order chi connectivity index (χ0) is 12.3. The normalized spacial score (nSPS) is 12.5. The molecular formula is C13H16N4. The molecule has 1 unspecified atom stereocenters. The van der Waals surface area contributed by atoms with Crippen LogP contribution in [-0.2, 0) is 13.0 Å². The molecule has 2 N–H and O–H groups in total. The molecule has 17 heavy (non-hydrogen) atoms. The lowest BCUT2D eigenvalue weighted by Gasteiger charge is -2.08. The summed E-state index contributed by atoms with van der Waals surface area (Å²) in [6, 6.07) is 9.71. The average Bonchev–Trinajstić information content (AvgIpc) is 2.73. The number of nitrogens with two attached hydrogens (primary N) is 1. The maximum absolute atomic E-state index is 8.70. The smallest absolute Gasteiger partial charge is 0.109 e. The Hall–Kier alpha value is -1.86. The zero-order valence-corrected chi connectivity index (χ0v) is 9.93. The van der Waals surface area contributed by atoms with Crippen molar-refractivity contribution < 1.29 is 0 Å². The molecule has 2 rings (SSSR count). The SMILES string of the molecule is CCc1nc2ccccc2n1CCC(N)C#N. The van der Waals surface area contributed by atoms with Gasteiger partial charge in [0.1, 0.15) is 5.82 Å². The highest BCUT2D eigenvalue weighted by Gasteiger charge is 2.09. The highest BCUT2D eigenvalue weighted by molar-refractivity contribution is 5.75. The third-order valence-corrected chi connectivity index (χ3v) is 2.88. The Morgan fingerprint density at radius 1 is 1.47 bits per heavy atom. The van der Waals surface area contributed by atoms with Gasteiger partial charge in [0.05, 0.1) is 23.1 Å². The van der Waals surface area contributed by atoms with E-state index in [2.05, 4.69) is 28.6 Å². The Balaban J connectivity index is 2.34. The van der Waals surface area contributed by atoms with Gasteiger partial charge >= 0.3 is 0 Å². The van der Waals surface area contributed by atoms with Crippen molar-refractivity contribution in [3.8, 4) is 6.07 Å². The monoisotopic (exact) mass is 228 g/mol. The van der Waals surface area contributed by atoms with Crippen molar-refractivity contribution >= 4 is 11.0 Å². The lowest BCUT2D eigenvalue weighted by atomic mass is 10.2. The molecule has 0 bridgehead atoms. The minimum atomic E-state index is -0.402. The number of hydrogen-bond donors (Lipinski definition) is 1. The molecule has 2 aromatic rings. The topological polar surface area (TPSA) is 67.6 Å². The van der Waals surface area contributed by atoms with Gasteiger partial charge in [0.25, 0.3) is 0 Å². The number of benzene rings is 1. The van der Waals surface area contributed by atoms with E-state index in [4.69, 9.17) is 11.0 Å². The predicted molar refractivity (Wildman–Crippen MR) is 67.3 cm³/mol. The van der Waals surface area contributed by atoms with Crippen LogP contribution in [0.25, 0.3) is 11.0 Å². The fraction of sp³-hybridized carbons (Fsp3) is 0.385. The minimum absolute atomic E-state index is 0.402. The van der Waals surface area contributed by atoms with Crippen LogP contribution in [0.4, 0.5) is 0 Å². The number of nitriles is 1. The first-order valence-corrected chi connectivity index (χ1v) is 5.85. The van der Waals surface area contributed by atoms with Crippen LogP contribution in [0.2, 0.25) is 0 Å². The molecule has 1 aromatic carbocycles. The molecule has 0 saturated heterocycles. The summed E-state index contributed by atoms with van der Waals surface area (Å²) in [5.41, 5.74) is 7.76. The van der Waals surface area contributed by atoms with Crippen LogP contribution in [0.1, 0.15) is 19.2 Å². The fourth-order valence-electron chi connectivity index (χ4n) is 1.98. The van der Waals surface area contributed by atoms with E-state index in [0.717, 1.165) is 29.8 Å². The lowest BCUT2D eigenvalue weighted by molar-refractivity contribution is 0.596. The van der Waals surface area contributed by atoms with Crippen molar-refractivity contribution in [2.24, 2.45) is 5.73 Å². The van der Waals surface area contributed by atoms with E-state index in [1.165, 1.54) is 0 Å². The van der Waals surface area contributed by atoms with Gasteiger partial charge in [0.2, 0.25) is 0 Å². The number of fused-ring (bicyclic) bond motifs is 1. The number of para-hydroxylation sites is 2. The third kappa shape index (κ3) is 2.29. The maximum atomic E-state index is 8.70. The van der Waals surface area contributed by atoms with Crippen molar-refractivity contribution in [3.63, 3.8) is 0 Å². The second-order valence-electron chi connectivity index (χ2n) is 4.05. The molecule has 0 aliphatic carbocycles. The molecule has 1 aromatic heterocycles. The highest BCUT2D eigenvalue weighted by atomic mass is 15.1. The maximum Gasteiger partial charge on any atom is 0.109 e. The number of hydrogen-bond acceptors (Lipinski definition) is 3. The van der Waals surface area contributed by atoms with Crippen LogP contribution in [0.15, 0.2) is 24.3 Å². The van der Waals surface area contributed by atoms with Crippen molar-refractivity contribution in [2.45, 2.75) is 32.4 Å². The Morgan fingerprint density at radius 2 is 2.24 bits per heavy atom. The number of aryl methyl sites for hydroxylation is 2. The summed E-state index contributed by atoms with van der Waals surface area (Å²) in [5.74, 6) is 1.05. The third-order valence-electron chi connectivity index (χ3n) is 2.88. The quantitative estimate of drug-likeness (QED) is 0.868. The molecule has 0 aliphatic heterocycles. The van der Waals surface area contributed by atoms with Gasteiger partial charge in [-0.15, -0.1) is 0 Å². The van der Waals surface area contributed by atoms with Gasteiger partial charge in [0, 0.05) is 13.0 Å². The summed E-state index contributed by atoms with van der Waals surface area (Å²) in [5, 5.41) is 8.70. The van der Waals surface area contributed by atoms with Crippen molar-refractivity contribution in [3.05, 3.63) is 30.1 Å². The molecule has 4 nitrogen and oxygen atoms in total. The Bertz CT molecular complexity index is 550. The number of imidazole rings is 1. The molecule has 0 aliphatic rings. The molecule has 0 spiro atoms. The lowest BCUT2D eigenvalue weighted by Crippen LogP contribution is -2.20. The van der Waals surface area contributed by atoms with Gasteiger partial charge in [-0.05, 0) is 18.6 Å². The largest absolute Gasteiger partial charge is 0.328 e. The van der Waals surface area contributed by atoms with E-state index in [-0.39, 0.29) is 0 Å². The summed E-state index contributed by atoms with van der Waals surface area (Å²) in [6.07, 6.45) is 1.54. The summed E-state index contributed by atoms with van der Waals surface area (Å²) < 4.78 is 2.16. The van der Waals surface area contributed by atoms with E-state index in [9.17, 15) is 0 Å². The van der Waals surface area contributed by atoms with Crippen LogP contribution in [-0.4, -0.2) is 15.6 Å². The minimum Gasteiger partial charge on any atom is -0.328 e. The van der Waals surface area contributed by atoms with Gasteiger partial charge in [-0.25, -0.2) is 4.98 Å². The molecule has 0 radical (unpaired) electrons. The van der Waals surface area contributed by atoms with Gasteiger partial charge < -0.3 is 10.3 Å². The number of aromatic nitrogens is 2. The second-order valence-corrected chi connectivity index (χ2v) is 4.05.